The minimum absolute atomic E-state index is 0.537. The first-order chi connectivity index (χ1) is 10.2. The highest BCUT2D eigenvalue weighted by molar-refractivity contribution is 9.11. The van der Waals surface area contributed by atoms with Gasteiger partial charge in [0.2, 0.25) is 0 Å². The first-order valence-electron chi connectivity index (χ1n) is 6.30. The van der Waals surface area contributed by atoms with Crippen LogP contribution in [0.2, 0.25) is 0 Å². The Balaban J connectivity index is 1.88. The molecule has 5 heteroatoms. The maximum atomic E-state index is 5.99. The molecule has 0 fully saturated rings. The number of halogens is 2. The second kappa shape index (κ2) is 6.73. The van der Waals surface area contributed by atoms with Gasteiger partial charge in [0, 0.05) is 15.4 Å². The molecule has 0 radical (unpaired) electrons. The molecule has 2 nitrogen and oxygen atoms in total. The summed E-state index contributed by atoms with van der Waals surface area (Å²) in [4.78, 5) is 4.47. The van der Waals surface area contributed by atoms with Crippen LogP contribution in [-0.2, 0) is 6.61 Å². The fourth-order valence-electron chi connectivity index (χ4n) is 1.94. The number of thiazole rings is 1. The number of aromatic nitrogens is 1. The van der Waals surface area contributed by atoms with Crippen molar-refractivity contribution in [2.45, 2.75) is 6.61 Å². The maximum Gasteiger partial charge on any atom is 0.159 e. The Morgan fingerprint density at radius 3 is 2.57 bits per heavy atom. The Kier molecular flexibility index (Phi) is 4.73. The summed E-state index contributed by atoms with van der Waals surface area (Å²) in [5.74, 6) is 0.825. The second-order valence-corrected chi connectivity index (χ2v) is 7.45. The van der Waals surface area contributed by atoms with Crippen molar-refractivity contribution in [3.05, 3.63) is 67.9 Å². The van der Waals surface area contributed by atoms with Gasteiger partial charge in [0.05, 0.1) is 5.69 Å². The first kappa shape index (κ1) is 14.8. The molecular formula is C16H11Br2NOS. The second-order valence-electron chi connectivity index (χ2n) is 4.40. The van der Waals surface area contributed by atoms with E-state index in [4.69, 9.17) is 4.74 Å². The van der Waals surface area contributed by atoms with Gasteiger partial charge in [0.1, 0.15) is 12.4 Å². The van der Waals surface area contributed by atoms with E-state index in [-0.39, 0.29) is 0 Å². The predicted molar refractivity (Wildman–Crippen MR) is 93.7 cm³/mol. The molecule has 0 saturated heterocycles. The first-order valence-corrected chi connectivity index (χ1v) is 8.76. The van der Waals surface area contributed by atoms with Gasteiger partial charge in [-0.05, 0) is 39.7 Å². The van der Waals surface area contributed by atoms with Crippen molar-refractivity contribution in [2.75, 3.05) is 0 Å². The Hall–Kier alpha value is -1.17. The fraction of sp³-hybridized carbons (Fsp3) is 0.0625. The van der Waals surface area contributed by atoms with E-state index >= 15 is 0 Å². The lowest BCUT2D eigenvalue weighted by Gasteiger charge is -2.11. The number of rotatable bonds is 4. The molecule has 0 amide bonds. The van der Waals surface area contributed by atoms with Crippen LogP contribution in [0.15, 0.2) is 62.3 Å². The highest BCUT2D eigenvalue weighted by Gasteiger charge is 2.10. The van der Waals surface area contributed by atoms with E-state index < -0.39 is 0 Å². The van der Waals surface area contributed by atoms with Gasteiger partial charge < -0.3 is 4.74 Å². The molecule has 1 heterocycles. The molecule has 106 valence electrons. The number of nitrogens with zero attached hydrogens (tertiary/aromatic N) is 1. The van der Waals surface area contributed by atoms with Crippen molar-refractivity contribution in [3.8, 4) is 17.0 Å². The van der Waals surface area contributed by atoms with Gasteiger partial charge in [0.25, 0.3) is 0 Å². The van der Waals surface area contributed by atoms with Gasteiger partial charge in [-0.15, -0.1) is 11.3 Å². The normalized spacial score (nSPS) is 10.6. The van der Waals surface area contributed by atoms with Crippen LogP contribution >= 0.6 is 43.2 Å². The average Bonchev–Trinajstić information content (AvgIpc) is 2.93. The van der Waals surface area contributed by atoms with E-state index in [1.165, 1.54) is 0 Å². The van der Waals surface area contributed by atoms with Crippen molar-refractivity contribution in [1.29, 1.82) is 0 Å². The summed E-state index contributed by atoms with van der Waals surface area (Å²) in [5, 5.41) is 2.02. The largest absolute Gasteiger partial charge is 0.488 e. The van der Waals surface area contributed by atoms with Crippen LogP contribution in [0.1, 0.15) is 5.56 Å². The molecule has 2 aromatic carbocycles. The fourth-order valence-corrected chi connectivity index (χ4v) is 3.29. The molecule has 3 rings (SSSR count). The summed E-state index contributed by atoms with van der Waals surface area (Å²) in [6.07, 6.45) is 0. The summed E-state index contributed by atoms with van der Waals surface area (Å²) in [6, 6.07) is 16.1. The van der Waals surface area contributed by atoms with E-state index in [2.05, 4.69) is 49.0 Å². The minimum Gasteiger partial charge on any atom is -0.488 e. The summed E-state index contributed by atoms with van der Waals surface area (Å²) < 4.78 is 7.85. The predicted octanol–water partition coefficient (Wildman–Crippen LogP) is 5.91. The molecule has 0 unspecified atom stereocenters. The number of ether oxygens (including phenoxy) is 1. The zero-order valence-electron chi connectivity index (χ0n) is 10.9. The van der Waals surface area contributed by atoms with Crippen LogP contribution in [-0.4, -0.2) is 4.98 Å². The molecule has 0 aliphatic heterocycles. The minimum atomic E-state index is 0.537. The number of hydrogen-bond donors (Lipinski definition) is 0. The third kappa shape index (κ3) is 3.73. The summed E-state index contributed by atoms with van der Waals surface area (Å²) in [7, 11) is 0. The quantitative estimate of drug-likeness (QED) is 0.518. The van der Waals surface area contributed by atoms with Crippen LogP contribution in [0.5, 0.6) is 5.75 Å². The number of benzene rings is 2. The maximum absolute atomic E-state index is 5.99. The van der Waals surface area contributed by atoms with Crippen LogP contribution in [0.4, 0.5) is 0 Å². The molecule has 0 aliphatic rings. The van der Waals surface area contributed by atoms with E-state index in [1.807, 2.05) is 41.8 Å². The van der Waals surface area contributed by atoms with E-state index in [1.54, 1.807) is 11.3 Å². The van der Waals surface area contributed by atoms with Gasteiger partial charge in [-0.1, -0.05) is 46.3 Å². The van der Waals surface area contributed by atoms with Gasteiger partial charge >= 0.3 is 0 Å². The zero-order chi connectivity index (χ0) is 14.7. The molecule has 0 N–H and O–H groups in total. The molecule has 0 atom stereocenters. The van der Waals surface area contributed by atoms with Gasteiger partial charge in [-0.25, -0.2) is 4.98 Å². The van der Waals surface area contributed by atoms with Crippen LogP contribution in [0.3, 0.4) is 0 Å². The Morgan fingerprint density at radius 2 is 1.86 bits per heavy atom. The average molecular weight is 425 g/mol. The molecule has 21 heavy (non-hydrogen) atoms. The van der Waals surface area contributed by atoms with Crippen molar-refractivity contribution in [2.24, 2.45) is 0 Å². The Morgan fingerprint density at radius 1 is 1.05 bits per heavy atom. The topological polar surface area (TPSA) is 22.1 Å². The highest BCUT2D eigenvalue weighted by atomic mass is 79.9. The Labute approximate surface area is 144 Å². The number of hydrogen-bond acceptors (Lipinski definition) is 3. The van der Waals surface area contributed by atoms with E-state index in [0.29, 0.717) is 6.61 Å². The molecule has 0 bridgehead atoms. The van der Waals surface area contributed by atoms with Crippen molar-refractivity contribution in [3.63, 3.8) is 0 Å². The molecule has 0 spiro atoms. The van der Waals surface area contributed by atoms with Crippen molar-refractivity contribution in [1.82, 2.24) is 4.98 Å². The molecule has 0 saturated carbocycles. The SMILES string of the molecule is Brc1ccc(-c2csc(Br)n2)c(OCc2ccccc2)c1. The van der Waals surface area contributed by atoms with Gasteiger partial charge in [-0.3, -0.25) is 0 Å². The lowest BCUT2D eigenvalue weighted by molar-refractivity contribution is 0.307. The van der Waals surface area contributed by atoms with E-state index in [0.717, 1.165) is 31.0 Å². The van der Waals surface area contributed by atoms with Gasteiger partial charge in [-0.2, -0.15) is 0 Å². The monoisotopic (exact) mass is 423 g/mol. The van der Waals surface area contributed by atoms with Crippen molar-refractivity contribution < 1.29 is 4.74 Å². The third-order valence-electron chi connectivity index (χ3n) is 2.93. The highest BCUT2D eigenvalue weighted by Crippen LogP contribution is 2.34. The summed E-state index contributed by atoms with van der Waals surface area (Å²) in [5.41, 5.74) is 3.06. The standard InChI is InChI=1S/C16H11Br2NOS/c17-12-6-7-13(14-10-21-16(18)19-14)15(8-12)20-9-11-4-2-1-3-5-11/h1-8,10H,9H2. The molecule has 0 aliphatic carbocycles. The van der Waals surface area contributed by atoms with E-state index in [9.17, 15) is 0 Å². The lowest BCUT2D eigenvalue weighted by atomic mass is 10.1. The Bertz CT molecular complexity index is 743. The van der Waals surface area contributed by atoms with Crippen LogP contribution in [0, 0.1) is 0 Å². The molecular weight excluding hydrogens is 414 g/mol. The molecule has 1 aromatic heterocycles. The summed E-state index contributed by atoms with van der Waals surface area (Å²) >= 11 is 8.46. The molecule has 3 aromatic rings. The van der Waals surface area contributed by atoms with Crippen LogP contribution < -0.4 is 4.74 Å². The van der Waals surface area contributed by atoms with Crippen LogP contribution in [0.25, 0.3) is 11.3 Å². The van der Waals surface area contributed by atoms with Crippen molar-refractivity contribution >= 4 is 43.2 Å². The smallest absolute Gasteiger partial charge is 0.159 e. The zero-order valence-corrected chi connectivity index (χ0v) is 14.9. The lowest BCUT2D eigenvalue weighted by Crippen LogP contribution is -1.97. The third-order valence-corrected chi connectivity index (χ3v) is 4.79. The summed E-state index contributed by atoms with van der Waals surface area (Å²) in [6.45, 7) is 0.537. The van der Waals surface area contributed by atoms with Gasteiger partial charge in [0.15, 0.2) is 3.92 Å².